The predicted molar refractivity (Wildman–Crippen MR) is 155 cm³/mol. The van der Waals surface area contributed by atoms with Crippen LogP contribution < -0.4 is 20.1 Å². The summed E-state index contributed by atoms with van der Waals surface area (Å²) in [5.41, 5.74) is 3.07. The molecule has 0 atom stereocenters. The molecule has 3 aromatic rings. The zero-order chi connectivity index (χ0) is 28.6. The number of rotatable bonds is 11. The molecule has 0 aliphatic carbocycles. The number of unbranched alkanes of at least 4 members (excludes halogenated alkanes) is 2. The summed E-state index contributed by atoms with van der Waals surface area (Å²) in [6.07, 6.45) is 2.74. The lowest BCUT2D eigenvalue weighted by atomic mass is 9.92. The minimum Gasteiger partial charge on any atom is -0.497 e. The van der Waals surface area contributed by atoms with Crippen LogP contribution in [0.3, 0.4) is 0 Å². The van der Waals surface area contributed by atoms with Crippen LogP contribution in [0.5, 0.6) is 11.5 Å². The van der Waals surface area contributed by atoms with Gasteiger partial charge in [0.15, 0.2) is 0 Å². The van der Waals surface area contributed by atoms with Gasteiger partial charge in [-0.25, -0.2) is 9.48 Å². The van der Waals surface area contributed by atoms with E-state index in [1.165, 1.54) is 4.90 Å². The maximum absolute atomic E-state index is 13.3. The van der Waals surface area contributed by atoms with Crippen LogP contribution >= 0.6 is 0 Å². The predicted octanol–water partition coefficient (Wildman–Crippen LogP) is 6.16. The van der Waals surface area contributed by atoms with Gasteiger partial charge >= 0.3 is 6.03 Å². The van der Waals surface area contributed by atoms with Crippen molar-refractivity contribution in [1.29, 1.82) is 0 Å². The number of amides is 3. The number of anilines is 2. The number of para-hydroxylation sites is 1. The minimum atomic E-state index is -0.376. The number of methoxy groups -OCH3 is 2. The Kier molecular flexibility index (Phi) is 9.98. The van der Waals surface area contributed by atoms with Crippen molar-refractivity contribution in [3.63, 3.8) is 0 Å². The average molecular weight is 536 g/mol. The van der Waals surface area contributed by atoms with Crippen molar-refractivity contribution in [2.24, 2.45) is 0 Å². The van der Waals surface area contributed by atoms with Crippen LogP contribution in [0.4, 0.5) is 16.3 Å². The molecule has 0 spiro atoms. The van der Waals surface area contributed by atoms with E-state index in [4.69, 9.17) is 14.6 Å². The summed E-state index contributed by atoms with van der Waals surface area (Å²) < 4.78 is 12.4. The monoisotopic (exact) mass is 535 g/mol. The first-order chi connectivity index (χ1) is 18.5. The Morgan fingerprint density at radius 2 is 1.64 bits per heavy atom. The van der Waals surface area contributed by atoms with E-state index in [-0.39, 0.29) is 23.9 Å². The number of benzene rings is 2. The van der Waals surface area contributed by atoms with Gasteiger partial charge in [0.25, 0.3) is 0 Å². The SMILES string of the molecule is CCCCCN(CC(=O)Nc1cc(C(C)(C)C)nn1-c1ccccc1C)C(=O)Nc1cc(OC)cc(OC)c1. The third kappa shape index (κ3) is 7.99. The highest BCUT2D eigenvalue weighted by molar-refractivity contribution is 5.97. The summed E-state index contributed by atoms with van der Waals surface area (Å²) in [6.45, 7) is 10.7. The quantitative estimate of drug-likeness (QED) is 0.287. The van der Waals surface area contributed by atoms with E-state index in [0.717, 1.165) is 36.2 Å². The van der Waals surface area contributed by atoms with Gasteiger partial charge in [0.05, 0.1) is 25.6 Å². The molecule has 2 N–H and O–H groups in total. The maximum Gasteiger partial charge on any atom is 0.322 e. The largest absolute Gasteiger partial charge is 0.497 e. The second-order valence-electron chi connectivity index (χ2n) is 10.6. The van der Waals surface area contributed by atoms with Crippen molar-refractivity contribution in [2.75, 3.05) is 37.9 Å². The molecule has 0 aliphatic heterocycles. The van der Waals surface area contributed by atoms with E-state index >= 15 is 0 Å². The third-order valence-corrected chi connectivity index (χ3v) is 6.34. The zero-order valence-corrected chi connectivity index (χ0v) is 24.1. The smallest absolute Gasteiger partial charge is 0.322 e. The Balaban J connectivity index is 1.83. The molecule has 0 unspecified atom stereocenters. The number of carbonyl (C=O) groups is 2. The van der Waals surface area contributed by atoms with Crippen LogP contribution in [0.1, 0.15) is 58.2 Å². The average Bonchev–Trinajstić information content (AvgIpc) is 3.32. The van der Waals surface area contributed by atoms with Crippen LogP contribution in [0, 0.1) is 6.92 Å². The molecular formula is C30H41N5O4. The summed E-state index contributed by atoms with van der Waals surface area (Å²) in [7, 11) is 3.10. The van der Waals surface area contributed by atoms with Gasteiger partial charge in [0.1, 0.15) is 23.9 Å². The molecule has 1 aromatic heterocycles. The fourth-order valence-corrected chi connectivity index (χ4v) is 4.06. The van der Waals surface area contributed by atoms with E-state index in [1.54, 1.807) is 37.1 Å². The van der Waals surface area contributed by atoms with Crippen molar-refractivity contribution in [2.45, 2.75) is 59.3 Å². The molecule has 0 aliphatic rings. The fraction of sp³-hybridized carbons (Fsp3) is 0.433. The highest BCUT2D eigenvalue weighted by Gasteiger charge is 2.24. The van der Waals surface area contributed by atoms with Crippen molar-refractivity contribution in [1.82, 2.24) is 14.7 Å². The Bertz CT molecular complexity index is 1260. The first-order valence-corrected chi connectivity index (χ1v) is 13.3. The number of ether oxygens (including phenoxy) is 2. The summed E-state index contributed by atoms with van der Waals surface area (Å²) in [4.78, 5) is 28.1. The highest BCUT2D eigenvalue weighted by atomic mass is 16.5. The number of nitrogens with zero attached hydrogens (tertiary/aromatic N) is 3. The second-order valence-corrected chi connectivity index (χ2v) is 10.6. The fourth-order valence-electron chi connectivity index (χ4n) is 4.06. The maximum atomic E-state index is 13.3. The molecule has 2 aromatic carbocycles. The molecule has 9 nitrogen and oxygen atoms in total. The number of aryl methyl sites for hydroxylation is 1. The lowest BCUT2D eigenvalue weighted by molar-refractivity contribution is -0.116. The van der Waals surface area contributed by atoms with Gasteiger partial charge in [-0.3, -0.25) is 4.79 Å². The molecular weight excluding hydrogens is 494 g/mol. The van der Waals surface area contributed by atoms with Gasteiger partial charge in [0.2, 0.25) is 5.91 Å². The number of hydrogen-bond acceptors (Lipinski definition) is 5. The third-order valence-electron chi connectivity index (χ3n) is 6.34. The zero-order valence-electron chi connectivity index (χ0n) is 24.1. The van der Waals surface area contributed by atoms with Gasteiger partial charge in [-0.05, 0) is 25.0 Å². The Labute approximate surface area is 231 Å². The molecule has 0 bridgehead atoms. The van der Waals surface area contributed by atoms with Crippen LogP contribution in [-0.2, 0) is 10.2 Å². The second kappa shape index (κ2) is 13.2. The standard InChI is InChI=1S/C30H41N5O4/c1-8-9-12-15-34(29(37)31-22-16-23(38-6)18-24(17-22)39-7)20-28(36)32-27-19-26(30(3,4)5)33-35(27)25-14-11-10-13-21(25)2/h10-11,13-14,16-19H,8-9,12,15,20H2,1-7H3,(H,31,37)(H,32,36). The van der Waals surface area contributed by atoms with Crippen LogP contribution in [0.15, 0.2) is 48.5 Å². The van der Waals surface area contributed by atoms with Gasteiger partial charge in [-0.2, -0.15) is 5.10 Å². The molecule has 0 saturated carbocycles. The van der Waals surface area contributed by atoms with Crippen molar-refractivity contribution >= 4 is 23.4 Å². The number of nitrogens with one attached hydrogen (secondary N) is 2. The van der Waals surface area contributed by atoms with E-state index in [9.17, 15) is 9.59 Å². The van der Waals surface area contributed by atoms with Gasteiger partial charge in [-0.1, -0.05) is 58.7 Å². The molecule has 3 rings (SSSR count). The summed E-state index contributed by atoms with van der Waals surface area (Å²) in [5.74, 6) is 1.36. The van der Waals surface area contributed by atoms with Crippen molar-refractivity contribution in [3.8, 4) is 17.2 Å². The normalized spacial score (nSPS) is 11.2. The molecule has 3 amide bonds. The molecule has 0 saturated heterocycles. The molecule has 0 radical (unpaired) electrons. The molecule has 0 fully saturated rings. The molecule has 9 heteroatoms. The summed E-state index contributed by atoms with van der Waals surface area (Å²) in [5, 5.41) is 10.7. The summed E-state index contributed by atoms with van der Waals surface area (Å²) >= 11 is 0. The van der Waals surface area contributed by atoms with Crippen molar-refractivity contribution in [3.05, 3.63) is 59.8 Å². The summed E-state index contributed by atoms with van der Waals surface area (Å²) in [6, 6.07) is 14.6. The lowest BCUT2D eigenvalue weighted by Crippen LogP contribution is -2.41. The Morgan fingerprint density at radius 3 is 2.23 bits per heavy atom. The van der Waals surface area contributed by atoms with Crippen molar-refractivity contribution < 1.29 is 19.1 Å². The van der Waals surface area contributed by atoms with E-state index in [2.05, 4.69) is 38.3 Å². The van der Waals surface area contributed by atoms with E-state index < -0.39 is 0 Å². The van der Waals surface area contributed by atoms with Crippen LogP contribution in [-0.4, -0.2) is 53.9 Å². The van der Waals surface area contributed by atoms with Crippen LogP contribution in [0.2, 0.25) is 0 Å². The van der Waals surface area contributed by atoms with Gasteiger partial charge < -0.3 is 25.0 Å². The Morgan fingerprint density at radius 1 is 0.974 bits per heavy atom. The topological polar surface area (TPSA) is 97.7 Å². The molecule has 210 valence electrons. The van der Waals surface area contributed by atoms with Crippen LogP contribution in [0.25, 0.3) is 5.69 Å². The first-order valence-electron chi connectivity index (χ1n) is 13.3. The van der Waals surface area contributed by atoms with Gasteiger partial charge in [-0.15, -0.1) is 0 Å². The van der Waals surface area contributed by atoms with E-state index in [1.807, 2.05) is 37.3 Å². The molecule has 39 heavy (non-hydrogen) atoms. The lowest BCUT2D eigenvalue weighted by Gasteiger charge is -2.23. The molecule has 1 heterocycles. The number of urea groups is 1. The highest BCUT2D eigenvalue weighted by Crippen LogP contribution is 2.28. The number of aromatic nitrogens is 2. The number of hydrogen-bond donors (Lipinski definition) is 2. The Hall–Kier alpha value is -4.01. The van der Waals surface area contributed by atoms with Gasteiger partial charge in [0, 0.05) is 41.9 Å². The van der Waals surface area contributed by atoms with E-state index in [0.29, 0.717) is 29.5 Å². The number of carbonyl (C=O) groups excluding carboxylic acids is 2. The first kappa shape index (κ1) is 29.5. The minimum absolute atomic E-state index is 0.111.